The van der Waals surface area contributed by atoms with E-state index >= 15 is 0 Å². The molecule has 2 aromatic rings. The third-order valence-electron chi connectivity index (χ3n) is 3.39. The van der Waals surface area contributed by atoms with E-state index in [1.807, 2.05) is 25.1 Å². The van der Waals surface area contributed by atoms with Crippen LogP contribution in [0.3, 0.4) is 0 Å². The van der Waals surface area contributed by atoms with E-state index < -0.39 is 0 Å². The van der Waals surface area contributed by atoms with Crippen LogP contribution in [0.25, 0.3) is 11.0 Å². The van der Waals surface area contributed by atoms with Crippen molar-refractivity contribution >= 4 is 11.0 Å². The highest BCUT2D eigenvalue weighted by Crippen LogP contribution is 2.15. The first-order valence-corrected chi connectivity index (χ1v) is 6.77. The van der Waals surface area contributed by atoms with Gasteiger partial charge in [-0.2, -0.15) is 0 Å². The first kappa shape index (κ1) is 14.0. The predicted octanol–water partition coefficient (Wildman–Crippen LogP) is 1.95. The van der Waals surface area contributed by atoms with E-state index in [1.165, 1.54) is 5.52 Å². The van der Waals surface area contributed by atoms with Gasteiger partial charge < -0.3 is 15.0 Å². The highest BCUT2D eigenvalue weighted by Gasteiger charge is 2.15. The van der Waals surface area contributed by atoms with Crippen LogP contribution < -0.4 is 5.32 Å². The van der Waals surface area contributed by atoms with Crippen LogP contribution in [0.4, 0.5) is 0 Å². The predicted molar refractivity (Wildman–Crippen MR) is 78.2 cm³/mol. The number of hydrogen-bond donors (Lipinski definition) is 2. The maximum atomic E-state index is 9.21. The van der Waals surface area contributed by atoms with Gasteiger partial charge in [0.1, 0.15) is 5.82 Å². The van der Waals surface area contributed by atoms with Gasteiger partial charge in [0.25, 0.3) is 0 Å². The lowest BCUT2D eigenvalue weighted by molar-refractivity contribution is 0.157. The van der Waals surface area contributed by atoms with E-state index in [1.54, 1.807) is 0 Å². The number of fused-ring (bicyclic) bond motifs is 1. The fourth-order valence-electron chi connectivity index (χ4n) is 2.15. The third kappa shape index (κ3) is 3.33. The van der Waals surface area contributed by atoms with Crippen molar-refractivity contribution in [2.45, 2.75) is 27.3 Å². The number of imidazole rings is 1. The Morgan fingerprint density at radius 3 is 2.79 bits per heavy atom. The van der Waals surface area contributed by atoms with Crippen molar-refractivity contribution in [2.24, 2.45) is 5.41 Å². The third-order valence-corrected chi connectivity index (χ3v) is 3.39. The molecule has 2 rings (SSSR count). The maximum absolute atomic E-state index is 9.21. The minimum atomic E-state index is -0.0634. The van der Waals surface area contributed by atoms with E-state index in [0.29, 0.717) is 0 Å². The molecular formula is C15H23N3O. The van der Waals surface area contributed by atoms with Crippen LogP contribution in [-0.4, -0.2) is 34.4 Å². The van der Waals surface area contributed by atoms with Crippen LogP contribution in [0.1, 0.15) is 19.7 Å². The molecule has 19 heavy (non-hydrogen) atoms. The summed E-state index contributed by atoms with van der Waals surface area (Å²) in [7, 11) is 0. The van der Waals surface area contributed by atoms with Crippen molar-refractivity contribution in [1.29, 1.82) is 0 Å². The Morgan fingerprint density at radius 1 is 1.32 bits per heavy atom. The fourth-order valence-corrected chi connectivity index (χ4v) is 2.15. The van der Waals surface area contributed by atoms with Crippen molar-refractivity contribution in [2.75, 3.05) is 19.7 Å². The van der Waals surface area contributed by atoms with Gasteiger partial charge in [-0.1, -0.05) is 26.0 Å². The molecule has 4 nitrogen and oxygen atoms in total. The van der Waals surface area contributed by atoms with Gasteiger partial charge in [0, 0.05) is 31.7 Å². The van der Waals surface area contributed by atoms with Crippen LogP contribution in [-0.2, 0) is 6.54 Å². The zero-order valence-corrected chi connectivity index (χ0v) is 12.0. The number of nitrogens with zero attached hydrogens (tertiary/aromatic N) is 2. The number of benzene rings is 1. The lowest BCUT2D eigenvalue weighted by Crippen LogP contribution is -2.34. The Balaban J connectivity index is 1.97. The average Bonchev–Trinajstić information content (AvgIpc) is 2.71. The first-order valence-electron chi connectivity index (χ1n) is 6.77. The summed E-state index contributed by atoms with van der Waals surface area (Å²) < 4.78 is 2.23. The number of nitrogens with one attached hydrogen (secondary N) is 1. The fraction of sp³-hybridized carbons (Fsp3) is 0.533. The van der Waals surface area contributed by atoms with E-state index in [9.17, 15) is 5.11 Å². The number of rotatable bonds is 6. The Hall–Kier alpha value is -1.39. The lowest BCUT2D eigenvalue weighted by atomic mass is 9.95. The standard InChI is InChI=1S/C15H23N3O/c1-12-17-13-6-4-5-7-14(13)18(12)9-8-16-10-15(2,3)11-19/h4-7,16,19H,8-11H2,1-3H3. The summed E-state index contributed by atoms with van der Waals surface area (Å²) in [6.45, 7) is 8.94. The smallest absolute Gasteiger partial charge is 0.106 e. The summed E-state index contributed by atoms with van der Waals surface area (Å²) in [5, 5.41) is 12.6. The van der Waals surface area contributed by atoms with Crippen LogP contribution in [0, 0.1) is 12.3 Å². The van der Waals surface area contributed by atoms with Crippen molar-refractivity contribution in [3.8, 4) is 0 Å². The quantitative estimate of drug-likeness (QED) is 0.781. The molecule has 0 amide bonds. The van der Waals surface area contributed by atoms with Crippen molar-refractivity contribution in [3.63, 3.8) is 0 Å². The number of aliphatic hydroxyl groups is 1. The molecule has 0 aliphatic carbocycles. The average molecular weight is 261 g/mol. The Labute approximate surface area is 114 Å². The number of aliphatic hydroxyl groups excluding tert-OH is 1. The molecule has 0 saturated heterocycles. The molecule has 0 saturated carbocycles. The van der Waals surface area contributed by atoms with Crippen LogP contribution in [0.5, 0.6) is 0 Å². The Kier molecular flexibility index (Phi) is 4.22. The summed E-state index contributed by atoms with van der Waals surface area (Å²) in [6.07, 6.45) is 0. The molecule has 0 aliphatic rings. The molecule has 0 unspecified atom stereocenters. The molecule has 0 bridgehead atoms. The van der Waals surface area contributed by atoms with Gasteiger partial charge in [-0.3, -0.25) is 0 Å². The normalized spacial score (nSPS) is 12.2. The van der Waals surface area contributed by atoms with E-state index in [2.05, 4.69) is 34.8 Å². The Bertz CT molecular complexity index is 545. The highest BCUT2D eigenvalue weighted by molar-refractivity contribution is 5.75. The minimum absolute atomic E-state index is 0.0634. The van der Waals surface area contributed by atoms with Crippen LogP contribution >= 0.6 is 0 Å². The van der Waals surface area contributed by atoms with Crippen LogP contribution in [0.2, 0.25) is 0 Å². The van der Waals surface area contributed by atoms with Gasteiger partial charge in [-0.05, 0) is 19.1 Å². The molecule has 1 aromatic heterocycles. The summed E-state index contributed by atoms with van der Waals surface area (Å²) in [5.41, 5.74) is 2.17. The largest absolute Gasteiger partial charge is 0.396 e. The van der Waals surface area contributed by atoms with Crippen molar-refractivity contribution in [3.05, 3.63) is 30.1 Å². The van der Waals surface area contributed by atoms with Crippen molar-refractivity contribution < 1.29 is 5.11 Å². The van der Waals surface area contributed by atoms with Gasteiger partial charge in [-0.15, -0.1) is 0 Å². The van der Waals surface area contributed by atoms with E-state index in [-0.39, 0.29) is 12.0 Å². The zero-order chi connectivity index (χ0) is 13.9. The SMILES string of the molecule is Cc1nc2ccccc2n1CCNCC(C)(C)CO. The molecule has 0 aliphatic heterocycles. The van der Waals surface area contributed by atoms with Crippen molar-refractivity contribution in [1.82, 2.24) is 14.9 Å². The lowest BCUT2D eigenvalue weighted by Gasteiger charge is -2.22. The summed E-state index contributed by atoms with van der Waals surface area (Å²) in [5.74, 6) is 1.05. The first-order chi connectivity index (χ1) is 9.03. The van der Waals surface area contributed by atoms with Gasteiger partial charge >= 0.3 is 0 Å². The summed E-state index contributed by atoms with van der Waals surface area (Å²) in [6, 6.07) is 8.21. The monoisotopic (exact) mass is 261 g/mol. The van der Waals surface area contributed by atoms with Crippen LogP contribution in [0.15, 0.2) is 24.3 Å². The molecule has 0 radical (unpaired) electrons. The molecule has 104 valence electrons. The molecule has 2 N–H and O–H groups in total. The molecule has 1 aromatic carbocycles. The number of hydrogen-bond acceptors (Lipinski definition) is 3. The second-order valence-corrected chi connectivity index (χ2v) is 5.80. The Morgan fingerprint density at radius 2 is 2.05 bits per heavy atom. The van der Waals surface area contributed by atoms with Gasteiger partial charge in [-0.25, -0.2) is 4.98 Å². The van der Waals surface area contributed by atoms with Gasteiger partial charge in [0.15, 0.2) is 0 Å². The minimum Gasteiger partial charge on any atom is -0.396 e. The molecule has 0 atom stereocenters. The second-order valence-electron chi connectivity index (χ2n) is 5.80. The van der Waals surface area contributed by atoms with E-state index in [4.69, 9.17) is 0 Å². The van der Waals surface area contributed by atoms with Gasteiger partial charge in [0.2, 0.25) is 0 Å². The molecule has 1 heterocycles. The highest BCUT2D eigenvalue weighted by atomic mass is 16.3. The molecule has 0 spiro atoms. The molecule has 4 heteroatoms. The molecular weight excluding hydrogens is 238 g/mol. The summed E-state index contributed by atoms with van der Waals surface area (Å²) in [4.78, 5) is 4.55. The van der Waals surface area contributed by atoms with E-state index in [0.717, 1.165) is 31.0 Å². The second kappa shape index (κ2) is 5.72. The zero-order valence-electron chi connectivity index (χ0n) is 12.0. The summed E-state index contributed by atoms with van der Waals surface area (Å²) >= 11 is 0. The number of aromatic nitrogens is 2. The molecule has 0 fully saturated rings. The topological polar surface area (TPSA) is 50.1 Å². The maximum Gasteiger partial charge on any atom is 0.106 e. The number of para-hydroxylation sites is 2. The number of aryl methyl sites for hydroxylation is 1. The van der Waals surface area contributed by atoms with Gasteiger partial charge in [0.05, 0.1) is 11.0 Å².